The van der Waals surface area contributed by atoms with Crippen molar-refractivity contribution in [2.45, 2.75) is 0 Å². The molecule has 0 saturated heterocycles. The molecule has 0 spiro atoms. The average Bonchev–Trinajstić information content (AvgIpc) is 2.35. The third-order valence-corrected chi connectivity index (χ3v) is 1.10. The molecule has 0 saturated carbocycles. The summed E-state index contributed by atoms with van der Waals surface area (Å²) in [6, 6.07) is -0.342. The van der Waals surface area contributed by atoms with E-state index >= 15 is 0 Å². The third kappa shape index (κ3) is 0.471. The van der Waals surface area contributed by atoms with Gasteiger partial charge in [0.15, 0.2) is 5.82 Å². The van der Waals surface area contributed by atoms with E-state index in [4.69, 9.17) is 15.3 Å². The van der Waals surface area contributed by atoms with Gasteiger partial charge in [-0.15, -0.1) is 10.1 Å². The van der Waals surface area contributed by atoms with E-state index in [1.54, 1.807) is 0 Å². The lowest BCUT2D eigenvalue weighted by Gasteiger charge is -1.78. The van der Waals surface area contributed by atoms with Crippen LogP contribution in [-0.2, 0) is 0 Å². The summed E-state index contributed by atoms with van der Waals surface area (Å²) in [6.07, 6.45) is 1.30. The normalized spacial score (nSPS) is 10.8. The Kier molecular flexibility index (Phi) is 0.717. The first-order chi connectivity index (χ1) is 4.77. The highest BCUT2D eigenvalue weighted by Crippen LogP contribution is 2.11. The van der Waals surface area contributed by atoms with Gasteiger partial charge in [-0.1, -0.05) is 0 Å². The monoisotopic (exact) mass is 140 g/mol. The molecular weight excluding hydrogens is 136 g/mol. The fraction of sp³-hybridized carbons (Fsp3) is 0. The first-order valence-corrected chi connectivity index (χ1v) is 2.56. The molecule has 0 atom stereocenters. The van der Waals surface area contributed by atoms with Crippen LogP contribution in [0.3, 0.4) is 0 Å². The molecule has 3 N–H and O–H groups in total. The number of hydrogen-bond acceptors (Lipinski definition) is 5. The van der Waals surface area contributed by atoms with Crippen molar-refractivity contribution >= 4 is 11.7 Å². The molecule has 0 radical (unpaired) electrons. The molecule has 0 unspecified atom stereocenters. The number of anilines is 1. The van der Waals surface area contributed by atoms with Crippen LogP contribution in [0.5, 0.6) is 6.01 Å². The number of hydrogen-bond donors (Lipinski definition) is 2. The molecule has 0 aliphatic carbocycles. The number of nitrogens with zero attached hydrogens (tertiary/aromatic N) is 3. The Labute approximate surface area is 54.9 Å². The number of aromatic nitrogens is 3. The number of fused-ring (bicyclic) bond motifs is 1. The van der Waals surface area contributed by atoms with Gasteiger partial charge in [-0.05, 0) is 0 Å². The zero-order chi connectivity index (χ0) is 7.14. The van der Waals surface area contributed by atoms with E-state index in [0.29, 0.717) is 5.82 Å². The molecule has 0 amide bonds. The van der Waals surface area contributed by atoms with Crippen LogP contribution in [-0.4, -0.2) is 19.7 Å². The maximum Gasteiger partial charge on any atom is 0.336 e. The van der Waals surface area contributed by atoms with Crippen LogP contribution >= 0.6 is 0 Å². The quantitative estimate of drug-likeness (QED) is 0.520. The van der Waals surface area contributed by atoms with Crippen LogP contribution in [0, 0.1) is 0 Å². The Bertz CT molecular complexity index is 362. The lowest BCUT2D eigenvalue weighted by atomic mass is 10.8. The van der Waals surface area contributed by atoms with Gasteiger partial charge in [0.1, 0.15) is 6.26 Å². The van der Waals surface area contributed by atoms with Gasteiger partial charge in [0, 0.05) is 0 Å². The number of nitrogen functional groups attached to an aromatic ring is 1. The maximum absolute atomic E-state index is 8.71. The van der Waals surface area contributed by atoms with Crippen LogP contribution in [0.15, 0.2) is 10.7 Å². The van der Waals surface area contributed by atoms with Gasteiger partial charge < -0.3 is 15.3 Å². The van der Waals surface area contributed by atoms with Gasteiger partial charge in [0.2, 0.25) is 0 Å². The SMILES string of the molecule is Nc1coc2nc(O)nn12. The average molecular weight is 140 g/mol. The van der Waals surface area contributed by atoms with Crippen molar-refractivity contribution in [2.24, 2.45) is 0 Å². The fourth-order valence-electron chi connectivity index (χ4n) is 0.695. The zero-order valence-corrected chi connectivity index (χ0v) is 4.85. The van der Waals surface area contributed by atoms with Crippen molar-refractivity contribution < 1.29 is 9.52 Å². The summed E-state index contributed by atoms with van der Waals surface area (Å²) >= 11 is 0. The van der Waals surface area contributed by atoms with E-state index < -0.39 is 0 Å². The third-order valence-electron chi connectivity index (χ3n) is 1.10. The van der Waals surface area contributed by atoms with Crippen LogP contribution in [0.25, 0.3) is 5.84 Å². The minimum Gasteiger partial charge on any atom is -0.478 e. The Balaban J connectivity index is 2.90. The molecular formula is C4H4N4O2. The predicted octanol–water partition coefficient (Wildman–Crippen LogP) is -0.390. The lowest BCUT2D eigenvalue weighted by molar-refractivity contribution is 0.430. The van der Waals surface area contributed by atoms with E-state index in [9.17, 15) is 0 Å². The fourth-order valence-corrected chi connectivity index (χ4v) is 0.695. The van der Waals surface area contributed by atoms with E-state index in [2.05, 4.69) is 10.1 Å². The highest BCUT2D eigenvalue weighted by molar-refractivity contribution is 5.36. The second kappa shape index (κ2) is 1.41. The van der Waals surface area contributed by atoms with Crippen molar-refractivity contribution in [2.75, 3.05) is 5.73 Å². The van der Waals surface area contributed by atoms with E-state index in [0.717, 1.165) is 0 Å². The lowest BCUT2D eigenvalue weighted by Crippen LogP contribution is -1.91. The first-order valence-electron chi connectivity index (χ1n) is 2.56. The molecule has 2 rings (SSSR count). The van der Waals surface area contributed by atoms with E-state index in [-0.39, 0.29) is 11.9 Å². The van der Waals surface area contributed by atoms with Crippen molar-refractivity contribution in [3.05, 3.63) is 6.26 Å². The molecule has 0 fully saturated rings. The van der Waals surface area contributed by atoms with Gasteiger partial charge in [-0.2, -0.15) is 4.52 Å². The summed E-state index contributed by atoms with van der Waals surface area (Å²) in [5.41, 5.74) is 5.35. The van der Waals surface area contributed by atoms with Gasteiger partial charge in [-0.3, -0.25) is 0 Å². The molecule has 0 aliphatic rings. The van der Waals surface area contributed by atoms with Crippen LogP contribution in [0.1, 0.15) is 0 Å². The molecule has 0 bridgehead atoms. The summed E-state index contributed by atoms with van der Waals surface area (Å²) in [5.74, 6) is 0.498. The molecule has 6 nitrogen and oxygen atoms in total. The molecule has 2 heterocycles. The number of rotatable bonds is 0. The minimum absolute atomic E-state index is 0.190. The second-order valence-corrected chi connectivity index (χ2v) is 1.77. The Morgan fingerprint density at radius 2 is 2.50 bits per heavy atom. The zero-order valence-electron chi connectivity index (χ0n) is 4.85. The Hall–Kier alpha value is -1.72. The van der Waals surface area contributed by atoms with Gasteiger partial charge in [0.25, 0.3) is 0 Å². The molecule has 6 heteroatoms. The van der Waals surface area contributed by atoms with Crippen molar-refractivity contribution in [1.82, 2.24) is 14.6 Å². The van der Waals surface area contributed by atoms with E-state index in [1.807, 2.05) is 0 Å². The molecule has 10 heavy (non-hydrogen) atoms. The topological polar surface area (TPSA) is 89.6 Å². The number of nitrogens with two attached hydrogens (primary N) is 1. The number of oxazole rings is 1. The van der Waals surface area contributed by atoms with Gasteiger partial charge in [-0.25, -0.2) is 0 Å². The maximum atomic E-state index is 8.71. The minimum atomic E-state index is -0.342. The standard InChI is InChI=1S/C4H4N4O2/c5-2-1-10-4-6-3(9)7-8(2)4/h1H,5H2,(H,7,9). The van der Waals surface area contributed by atoms with Crippen molar-refractivity contribution in [3.63, 3.8) is 0 Å². The summed E-state index contributed by atoms with van der Waals surface area (Å²) < 4.78 is 5.98. The second-order valence-electron chi connectivity index (χ2n) is 1.77. The molecule has 52 valence electrons. The summed E-state index contributed by atoms with van der Waals surface area (Å²) in [6.45, 7) is 0. The first kappa shape index (κ1) is 5.10. The number of aromatic hydroxyl groups is 1. The van der Waals surface area contributed by atoms with Crippen molar-refractivity contribution in [3.8, 4) is 6.01 Å². The largest absolute Gasteiger partial charge is 0.478 e. The highest BCUT2D eigenvalue weighted by Gasteiger charge is 2.06. The summed E-state index contributed by atoms with van der Waals surface area (Å²) in [4.78, 5) is 3.49. The Morgan fingerprint density at radius 1 is 1.70 bits per heavy atom. The molecule has 2 aromatic heterocycles. The Morgan fingerprint density at radius 3 is 3.20 bits per heavy atom. The summed E-state index contributed by atoms with van der Waals surface area (Å²) in [7, 11) is 0. The molecule has 0 aromatic carbocycles. The van der Waals surface area contributed by atoms with Gasteiger partial charge in [0.05, 0.1) is 0 Å². The molecule has 0 aliphatic heterocycles. The molecule has 2 aromatic rings. The smallest absolute Gasteiger partial charge is 0.336 e. The van der Waals surface area contributed by atoms with Crippen LogP contribution in [0.2, 0.25) is 0 Å². The van der Waals surface area contributed by atoms with E-state index in [1.165, 1.54) is 10.8 Å². The predicted molar refractivity (Wildman–Crippen MR) is 31.3 cm³/mol. The van der Waals surface area contributed by atoms with Crippen LogP contribution < -0.4 is 5.73 Å². The van der Waals surface area contributed by atoms with Crippen molar-refractivity contribution in [1.29, 1.82) is 0 Å². The van der Waals surface area contributed by atoms with Gasteiger partial charge >= 0.3 is 11.9 Å². The summed E-state index contributed by atoms with van der Waals surface area (Å²) in [5, 5.41) is 12.2. The van der Waals surface area contributed by atoms with Crippen LogP contribution in [0.4, 0.5) is 5.82 Å². The highest BCUT2D eigenvalue weighted by atomic mass is 16.4.